The summed E-state index contributed by atoms with van der Waals surface area (Å²) in [6.45, 7) is -0.149. The average molecular weight is 282 g/mol. The summed E-state index contributed by atoms with van der Waals surface area (Å²) >= 11 is 0. The van der Waals surface area contributed by atoms with Gasteiger partial charge in [0.15, 0.2) is 0 Å². The van der Waals surface area contributed by atoms with Crippen molar-refractivity contribution >= 4 is 0 Å². The highest BCUT2D eigenvalue weighted by Gasteiger charge is 1.99. The zero-order chi connectivity index (χ0) is 14.9. The molecule has 0 unspecified atom stereocenters. The molecule has 108 valence electrons. The molecule has 0 heterocycles. The Balaban J connectivity index is 1.76. The number of aliphatic hydroxyl groups is 1. The highest BCUT2D eigenvalue weighted by atomic mass is 19.1. The van der Waals surface area contributed by atoms with E-state index in [0.29, 0.717) is 11.1 Å². The first-order valence-corrected chi connectivity index (χ1v) is 7.21. The molecule has 0 atom stereocenters. The van der Waals surface area contributed by atoms with E-state index in [2.05, 4.69) is 24.0 Å². The lowest BCUT2D eigenvalue weighted by molar-refractivity contribution is 0.281. The molecule has 2 aromatic rings. The first-order chi connectivity index (χ1) is 10.3. The predicted octanol–water partition coefficient (Wildman–Crippen LogP) is 4.08. The van der Waals surface area contributed by atoms with E-state index in [0.717, 1.165) is 25.7 Å². The quantitative estimate of drug-likeness (QED) is 0.647. The van der Waals surface area contributed by atoms with Gasteiger partial charge in [-0.1, -0.05) is 48.2 Å². The second kappa shape index (κ2) is 8.24. The predicted molar refractivity (Wildman–Crippen MR) is 83.2 cm³/mol. The van der Waals surface area contributed by atoms with Gasteiger partial charge < -0.3 is 5.11 Å². The second-order valence-electron chi connectivity index (χ2n) is 4.97. The van der Waals surface area contributed by atoms with Crippen LogP contribution in [0.15, 0.2) is 48.5 Å². The molecule has 21 heavy (non-hydrogen) atoms. The molecule has 0 saturated carbocycles. The van der Waals surface area contributed by atoms with E-state index in [-0.39, 0.29) is 12.4 Å². The molecule has 0 amide bonds. The normalized spacial score (nSPS) is 10.0. The average Bonchev–Trinajstić information content (AvgIpc) is 2.53. The van der Waals surface area contributed by atoms with E-state index in [9.17, 15) is 4.39 Å². The molecule has 0 aliphatic carbocycles. The largest absolute Gasteiger partial charge is 0.392 e. The van der Waals surface area contributed by atoms with Crippen molar-refractivity contribution in [1.29, 1.82) is 0 Å². The molecule has 1 nitrogen and oxygen atoms in total. The third-order valence-electron chi connectivity index (χ3n) is 3.30. The minimum absolute atomic E-state index is 0.149. The Bertz CT molecular complexity index is 623. The fourth-order valence-corrected chi connectivity index (χ4v) is 2.10. The SMILES string of the molecule is OCc1ccc(C#CCCCCc2ccccc2)c(F)c1. The minimum Gasteiger partial charge on any atom is -0.392 e. The van der Waals surface area contributed by atoms with Crippen molar-refractivity contribution in [3.63, 3.8) is 0 Å². The van der Waals surface area contributed by atoms with Crippen LogP contribution in [0.3, 0.4) is 0 Å². The summed E-state index contributed by atoms with van der Waals surface area (Å²) in [5.41, 5.74) is 2.31. The van der Waals surface area contributed by atoms with E-state index < -0.39 is 0 Å². The Morgan fingerprint density at radius 3 is 2.48 bits per heavy atom. The first kappa shape index (κ1) is 15.3. The van der Waals surface area contributed by atoms with Gasteiger partial charge in [0.2, 0.25) is 0 Å². The van der Waals surface area contributed by atoms with Crippen LogP contribution in [-0.2, 0) is 13.0 Å². The van der Waals surface area contributed by atoms with E-state index in [1.807, 2.05) is 18.2 Å². The summed E-state index contributed by atoms with van der Waals surface area (Å²) in [5, 5.41) is 8.92. The van der Waals surface area contributed by atoms with Gasteiger partial charge in [-0.2, -0.15) is 0 Å². The smallest absolute Gasteiger partial charge is 0.139 e. The molecular weight excluding hydrogens is 263 g/mol. The Kier molecular flexibility index (Phi) is 5.99. The van der Waals surface area contributed by atoms with Gasteiger partial charge in [0.1, 0.15) is 5.82 Å². The number of hydrogen-bond acceptors (Lipinski definition) is 1. The van der Waals surface area contributed by atoms with Gasteiger partial charge in [-0.25, -0.2) is 4.39 Å². The van der Waals surface area contributed by atoms with Gasteiger partial charge in [-0.3, -0.25) is 0 Å². The van der Waals surface area contributed by atoms with Crippen LogP contribution in [0.1, 0.15) is 36.0 Å². The zero-order valence-corrected chi connectivity index (χ0v) is 12.0. The molecular formula is C19H19FO. The maximum absolute atomic E-state index is 13.6. The van der Waals surface area contributed by atoms with Crippen LogP contribution in [0.5, 0.6) is 0 Å². The van der Waals surface area contributed by atoms with Gasteiger partial charge in [0, 0.05) is 6.42 Å². The summed E-state index contributed by atoms with van der Waals surface area (Å²) < 4.78 is 13.6. The number of hydrogen-bond donors (Lipinski definition) is 1. The molecule has 0 fully saturated rings. The van der Waals surface area contributed by atoms with E-state index in [1.54, 1.807) is 12.1 Å². The summed E-state index contributed by atoms with van der Waals surface area (Å²) in [7, 11) is 0. The Morgan fingerprint density at radius 1 is 0.952 bits per heavy atom. The molecule has 0 aromatic heterocycles. The fourth-order valence-electron chi connectivity index (χ4n) is 2.10. The second-order valence-corrected chi connectivity index (χ2v) is 4.97. The maximum Gasteiger partial charge on any atom is 0.139 e. The molecule has 0 saturated heterocycles. The van der Waals surface area contributed by atoms with Crippen molar-refractivity contribution in [3.05, 3.63) is 71.0 Å². The molecule has 2 heteroatoms. The molecule has 2 rings (SSSR count). The zero-order valence-electron chi connectivity index (χ0n) is 12.0. The van der Waals surface area contributed by atoms with Crippen molar-refractivity contribution in [2.45, 2.75) is 32.3 Å². The highest BCUT2D eigenvalue weighted by molar-refractivity contribution is 5.37. The standard InChI is InChI=1S/C19H19FO/c20-19-14-17(15-21)12-13-18(19)11-7-2-1-4-8-16-9-5-3-6-10-16/h3,5-6,9-10,12-14,21H,1-2,4,8,15H2. The Labute approximate surface area is 125 Å². The first-order valence-electron chi connectivity index (χ1n) is 7.21. The lowest BCUT2D eigenvalue weighted by atomic mass is 10.1. The number of rotatable bonds is 5. The molecule has 0 aliphatic heterocycles. The molecule has 0 aliphatic rings. The van der Waals surface area contributed by atoms with Crippen molar-refractivity contribution in [2.24, 2.45) is 0 Å². The molecule has 2 aromatic carbocycles. The van der Waals surface area contributed by atoms with Gasteiger partial charge in [-0.15, -0.1) is 0 Å². The van der Waals surface area contributed by atoms with Crippen LogP contribution in [0.4, 0.5) is 4.39 Å². The molecule has 0 spiro atoms. The summed E-state index contributed by atoms with van der Waals surface area (Å²) in [4.78, 5) is 0. The Hall–Kier alpha value is -2.11. The van der Waals surface area contributed by atoms with E-state index in [1.165, 1.54) is 11.6 Å². The van der Waals surface area contributed by atoms with Crippen LogP contribution >= 0.6 is 0 Å². The van der Waals surface area contributed by atoms with Crippen LogP contribution in [0.25, 0.3) is 0 Å². The minimum atomic E-state index is -0.363. The lowest BCUT2D eigenvalue weighted by Gasteiger charge is -1.99. The van der Waals surface area contributed by atoms with Crippen molar-refractivity contribution < 1.29 is 9.50 Å². The third kappa shape index (κ3) is 5.06. The summed E-state index contributed by atoms with van der Waals surface area (Å²) in [6.07, 6.45) is 3.93. The number of aliphatic hydroxyl groups excluding tert-OH is 1. The van der Waals surface area contributed by atoms with E-state index in [4.69, 9.17) is 5.11 Å². The van der Waals surface area contributed by atoms with Gasteiger partial charge in [0.25, 0.3) is 0 Å². The number of halogens is 1. The van der Waals surface area contributed by atoms with Crippen LogP contribution in [0.2, 0.25) is 0 Å². The van der Waals surface area contributed by atoms with Crippen molar-refractivity contribution in [3.8, 4) is 11.8 Å². The van der Waals surface area contributed by atoms with Crippen LogP contribution in [0, 0.1) is 17.7 Å². The number of unbranched alkanes of at least 4 members (excludes halogenated alkanes) is 2. The monoisotopic (exact) mass is 282 g/mol. The third-order valence-corrected chi connectivity index (χ3v) is 3.30. The topological polar surface area (TPSA) is 20.2 Å². The number of benzene rings is 2. The fraction of sp³-hybridized carbons (Fsp3) is 0.263. The summed E-state index contributed by atoms with van der Waals surface area (Å²) in [5.74, 6) is 5.51. The van der Waals surface area contributed by atoms with Crippen molar-refractivity contribution in [2.75, 3.05) is 0 Å². The molecule has 0 bridgehead atoms. The summed E-state index contributed by atoms with van der Waals surface area (Å²) in [6, 6.07) is 15.0. The Morgan fingerprint density at radius 2 is 1.76 bits per heavy atom. The lowest BCUT2D eigenvalue weighted by Crippen LogP contribution is -1.89. The molecule has 0 radical (unpaired) electrons. The number of aryl methyl sites for hydroxylation is 1. The highest BCUT2D eigenvalue weighted by Crippen LogP contribution is 2.10. The van der Waals surface area contributed by atoms with Gasteiger partial charge >= 0.3 is 0 Å². The maximum atomic E-state index is 13.6. The van der Waals surface area contributed by atoms with Crippen LogP contribution in [-0.4, -0.2) is 5.11 Å². The van der Waals surface area contributed by atoms with Crippen molar-refractivity contribution in [1.82, 2.24) is 0 Å². The van der Waals surface area contributed by atoms with Crippen LogP contribution < -0.4 is 0 Å². The molecule has 1 N–H and O–H groups in total. The van der Waals surface area contributed by atoms with Gasteiger partial charge in [-0.05, 0) is 42.5 Å². The van der Waals surface area contributed by atoms with Gasteiger partial charge in [0.05, 0.1) is 12.2 Å². The van der Waals surface area contributed by atoms with E-state index >= 15 is 0 Å².